The number of benzene rings is 1. The Morgan fingerprint density at radius 3 is 2.53 bits per heavy atom. The maximum atomic E-state index is 8.71. The molecule has 0 aromatic heterocycles. The molecule has 3 nitrogen and oxygen atoms in total. The fraction of sp³-hybridized carbons (Fsp3) is 0.500. The smallest absolute Gasteiger partial charge is 0.0991 e. The van der Waals surface area contributed by atoms with Crippen LogP contribution in [0.15, 0.2) is 24.3 Å². The number of hydrogen-bond acceptors (Lipinski definition) is 3. The highest BCUT2D eigenvalue weighted by Crippen LogP contribution is 2.07. The summed E-state index contributed by atoms with van der Waals surface area (Å²) in [6.07, 6.45) is 2.26. The van der Waals surface area contributed by atoms with E-state index in [2.05, 4.69) is 23.1 Å². The van der Waals surface area contributed by atoms with Crippen LogP contribution in [0.25, 0.3) is 0 Å². The highest BCUT2D eigenvalue weighted by atomic mass is 16.5. The molecular formula is C14H18N2O. The van der Waals surface area contributed by atoms with Crippen molar-refractivity contribution in [2.45, 2.75) is 12.8 Å². The summed E-state index contributed by atoms with van der Waals surface area (Å²) in [6, 6.07) is 10.0. The molecule has 2 rings (SSSR count). The Morgan fingerprint density at radius 1 is 1.18 bits per heavy atom. The highest BCUT2D eigenvalue weighted by molar-refractivity contribution is 5.31. The number of ether oxygens (including phenoxy) is 1. The molecule has 1 aromatic rings. The first kappa shape index (κ1) is 12.1. The van der Waals surface area contributed by atoms with Gasteiger partial charge in [-0.05, 0) is 37.1 Å². The van der Waals surface area contributed by atoms with Crippen molar-refractivity contribution in [3.8, 4) is 6.07 Å². The van der Waals surface area contributed by atoms with Gasteiger partial charge in [0.05, 0.1) is 24.8 Å². The Labute approximate surface area is 103 Å². The lowest BCUT2D eigenvalue weighted by atomic mass is 10.1. The van der Waals surface area contributed by atoms with Gasteiger partial charge < -0.3 is 4.74 Å². The van der Waals surface area contributed by atoms with Crippen molar-refractivity contribution < 1.29 is 4.74 Å². The van der Waals surface area contributed by atoms with Gasteiger partial charge in [0, 0.05) is 13.1 Å². The van der Waals surface area contributed by atoms with Crippen molar-refractivity contribution in [1.82, 2.24) is 4.90 Å². The van der Waals surface area contributed by atoms with E-state index in [4.69, 9.17) is 10.00 Å². The molecule has 0 saturated carbocycles. The summed E-state index contributed by atoms with van der Waals surface area (Å²) in [5.41, 5.74) is 2.05. The number of nitrogens with zero attached hydrogens (tertiary/aromatic N) is 2. The minimum Gasteiger partial charge on any atom is -0.379 e. The van der Waals surface area contributed by atoms with Crippen LogP contribution in [0.3, 0.4) is 0 Å². The lowest BCUT2D eigenvalue weighted by molar-refractivity contribution is 0.0375. The minimum absolute atomic E-state index is 0.738. The van der Waals surface area contributed by atoms with E-state index in [-0.39, 0.29) is 0 Å². The molecule has 0 spiro atoms. The third kappa shape index (κ3) is 3.85. The molecular weight excluding hydrogens is 212 g/mol. The molecule has 0 radical (unpaired) electrons. The van der Waals surface area contributed by atoms with Gasteiger partial charge in [0.1, 0.15) is 0 Å². The molecule has 17 heavy (non-hydrogen) atoms. The van der Waals surface area contributed by atoms with Crippen molar-refractivity contribution in [3.05, 3.63) is 35.4 Å². The van der Waals surface area contributed by atoms with Crippen LogP contribution in [0.4, 0.5) is 0 Å². The molecule has 0 atom stereocenters. The standard InChI is InChI=1S/C14H18N2O/c15-12-14-5-3-13(4-6-14)2-1-7-16-8-10-17-11-9-16/h3-6H,1-2,7-11H2. The lowest BCUT2D eigenvalue weighted by Crippen LogP contribution is -2.36. The molecule has 1 heterocycles. The first-order valence-corrected chi connectivity index (χ1v) is 6.17. The van der Waals surface area contributed by atoms with Gasteiger partial charge in [-0.25, -0.2) is 0 Å². The maximum Gasteiger partial charge on any atom is 0.0991 e. The van der Waals surface area contributed by atoms with Crippen LogP contribution in [-0.4, -0.2) is 37.7 Å². The maximum absolute atomic E-state index is 8.71. The van der Waals surface area contributed by atoms with Crippen molar-refractivity contribution in [2.75, 3.05) is 32.8 Å². The zero-order valence-corrected chi connectivity index (χ0v) is 10.1. The molecule has 0 unspecified atom stereocenters. The zero-order chi connectivity index (χ0) is 11.9. The number of morpholine rings is 1. The van der Waals surface area contributed by atoms with Crippen LogP contribution in [0.2, 0.25) is 0 Å². The average molecular weight is 230 g/mol. The fourth-order valence-electron chi connectivity index (χ4n) is 2.08. The quantitative estimate of drug-likeness (QED) is 0.791. The molecule has 1 aromatic carbocycles. The Morgan fingerprint density at radius 2 is 1.88 bits per heavy atom. The predicted molar refractivity (Wildman–Crippen MR) is 66.7 cm³/mol. The summed E-state index contributed by atoms with van der Waals surface area (Å²) in [5, 5.41) is 8.71. The van der Waals surface area contributed by atoms with Gasteiger partial charge in [0.15, 0.2) is 0 Å². The summed E-state index contributed by atoms with van der Waals surface area (Å²) in [4.78, 5) is 2.45. The normalized spacial score (nSPS) is 16.6. The van der Waals surface area contributed by atoms with E-state index in [1.165, 1.54) is 12.0 Å². The van der Waals surface area contributed by atoms with E-state index < -0.39 is 0 Å². The van der Waals surface area contributed by atoms with Crippen LogP contribution in [0, 0.1) is 11.3 Å². The molecule has 0 aliphatic carbocycles. The Bertz CT molecular complexity index is 374. The van der Waals surface area contributed by atoms with Gasteiger partial charge in [-0.15, -0.1) is 0 Å². The third-order valence-electron chi connectivity index (χ3n) is 3.13. The molecule has 3 heteroatoms. The zero-order valence-electron chi connectivity index (χ0n) is 10.1. The van der Waals surface area contributed by atoms with Gasteiger partial charge in [-0.1, -0.05) is 12.1 Å². The highest BCUT2D eigenvalue weighted by Gasteiger charge is 2.09. The second kappa shape index (κ2) is 6.39. The van der Waals surface area contributed by atoms with Crippen LogP contribution in [0.1, 0.15) is 17.5 Å². The second-order valence-electron chi connectivity index (χ2n) is 4.37. The SMILES string of the molecule is N#Cc1ccc(CCCN2CCOCC2)cc1. The van der Waals surface area contributed by atoms with Crippen LogP contribution >= 0.6 is 0 Å². The van der Waals surface area contributed by atoms with Crippen molar-refractivity contribution in [1.29, 1.82) is 5.26 Å². The van der Waals surface area contributed by atoms with E-state index >= 15 is 0 Å². The number of aryl methyl sites for hydroxylation is 1. The molecule has 1 aliphatic rings. The van der Waals surface area contributed by atoms with Gasteiger partial charge >= 0.3 is 0 Å². The first-order chi connectivity index (χ1) is 8.38. The molecule has 1 fully saturated rings. The predicted octanol–water partition coefficient (Wildman–Crippen LogP) is 1.82. The lowest BCUT2D eigenvalue weighted by Gasteiger charge is -2.26. The van der Waals surface area contributed by atoms with E-state index in [1.54, 1.807) is 0 Å². The van der Waals surface area contributed by atoms with Crippen molar-refractivity contribution in [2.24, 2.45) is 0 Å². The van der Waals surface area contributed by atoms with Gasteiger partial charge in [-0.3, -0.25) is 4.90 Å². The van der Waals surface area contributed by atoms with Crippen molar-refractivity contribution in [3.63, 3.8) is 0 Å². The van der Waals surface area contributed by atoms with Crippen molar-refractivity contribution >= 4 is 0 Å². The molecule has 0 N–H and O–H groups in total. The number of nitriles is 1. The largest absolute Gasteiger partial charge is 0.379 e. The van der Waals surface area contributed by atoms with E-state index in [0.29, 0.717) is 0 Å². The van der Waals surface area contributed by atoms with Crippen LogP contribution in [-0.2, 0) is 11.2 Å². The van der Waals surface area contributed by atoms with Crippen LogP contribution < -0.4 is 0 Å². The van der Waals surface area contributed by atoms with Gasteiger partial charge in [-0.2, -0.15) is 5.26 Å². The average Bonchev–Trinajstić information content (AvgIpc) is 2.41. The Hall–Kier alpha value is -1.37. The van der Waals surface area contributed by atoms with Gasteiger partial charge in [0.2, 0.25) is 0 Å². The summed E-state index contributed by atoms with van der Waals surface area (Å²) in [5.74, 6) is 0. The minimum atomic E-state index is 0.738. The summed E-state index contributed by atoms with van der Waals surface area (Å²) in [6.45, 7) is 5.01. The second-order valence-corrected chi connectivity index (χ2v) is 4.37. The van der Waals surface area contributed by atoms with E-state index in [9.17, 15) is 0 Å². The summed E-state index contributed by atoms with van der Waals surface area (Å²) in [7, 11) is 0. The molecule has 0 bridgehead atoms. The fourth-order valence-corrected chi connectivity index (χ4v) is 2.08. The topological polar surface area (TPSA) is 36.3 Å². The molecule has 90 valence electrons. The molecule has 1 aliphatic heterocycles. The molecule has 0 amide bonds. The summed E-state index contributed by atoms with van der Waals surface area (Å²) < 4.78 is 5.32. The monoisotopic (exact) mass is 230 g/mol. The van der Waals surface area contributed by atoms with Crippen LogP contribution in [0.5, 0.6) is 0 Å². The molecule has 1 saturated heterocycles. The van der Waals surface area contributed by atoms with E-state index in [0.717, 1.165) is 44.8 Å². The Kier molecular flexibility index (Phi) is 4.54. The van der Waals surface area contributed by atoms with Gasteiger partial charge in [0.25, 0.3) is 0 Å². The third-order valence-corrected chi connectivity index (χ3v) is 3.13. The Balaban J connectivity index is 1.72. The number of hydrogen-bond donors (Lipinski definition) is 0. The van der Waals surface area contributed by atoms with E-state index in [1.807, 2.05) is 12.1 Å². The summed E-state index contributed by atoms with van der Waals surface area (Å²) >= 11 is 0. The number of rotatable bonds is 4. The first-order valence-electron chi connectivity index (χ1n) is 6.17.